The highest BCUT2D eigenvalue weighted by atomic mass is 35.5. The van der Waals surface area contributed by atoms with Gasteiger partial charge in [-0.05, 0) is 23.9 Å². The second-order valence-electron chi connectivity index (χ2n) is 4.02. The van der Waals surface area contributed by atoms with Gasteiger partial charge in [0.15, 0.2) is 11.5 Å². The molecule has 1 fully saturated rings. The van der Waals surface area contributed by atoms with Crippen molar-refractivity contribution in [1.29, 1.82) is 0 Å². The summed E-state index contributed by atoms with van der Waals surface area (Å²) < 4.78 is 4.98. The summed E-state index contributed by atoms with van der Waals surface area (Å²) in [6.45, 7) is -0.0904. The van der Waals surface area contributed by atoms with Crippen molar-refractivity contribution in [2.75, 3.05) is 13.7 Å². The quantitative estimate of drug-likeness (QED) is 0.684. The molecule has 0 bridgehead atoms. The molecule has 2 rings (SSSR count). The minimum Gasteiger partial charge on any atom is -0.504 e. The van der Waals surface area contributed by atoms with E-state index in [4.69, 9.17) is 22.8 Å². The van der Waals surface area contributed by atoms with Crippen LogP contribution in [0.4, 0.5) is 4.79 Å². The van der Waals surface area contributed by atoms with Gasteiger partial charge in [-0.15, -0.1) is 6.42 Å². The average molecular weight is 324 g/mol. The van der Waals surface area contributed by atoms with Gasteiger partial charge in [0.25, 0.3) is 11.1 Å². The van der Waals surface area contributed by atoms with Crippen LogP contribution in [0.25, 0.3) is 6.08 Å². The van der Waals surface area contributed by atoms with Crippen LogP contribution in [-0.2, 0) is 4.79 Å². The Labute approximate surface area is 130 Å². The number of phenols is 1. The number of halogens is 1. The number of benzene rings is 1. The molecule has 1 aliphatic heterocycles. The number of amides is 2. The van der Waals surface area contributed by atoms with Crippen LogP contribution in [0.3, 0.4) is 0 Å². The molecular weight excluding hydrogens is 314 g/mol. The zero-order valence-electron chi connectivity index (χ0n) is 10.9. The number of phenolic OH excluding ortho intramolecular Hbond substituents is 1. The van der Waals surface area contributed by atoms with E-state index < -0.39 is 11.1 Å². The third kappa shape index (κ3) is 2.99. The van der Waals surface area contributed by atoms with Crippen molar-refractivity contribution < 1.29 is 19.4 Å². The standard InChI is InChI=1S/C14H10ClNO4S/c1-3-4-16-13(18)11(21-14(16)19)6-8-5-9(15)7-10(20-2)12(8)17/h1,5-7,17H,4H2,2H3. The first-order valence-corrected chi connectivity index (χ1v) is 6.92. The number of carbonyl (C=O) groups is 2. The molecule has 1 aromatic rings. The first kappa shape index (κ1) is 15.3. The van der Waals surface area contributed by atoms with E-state index in [0.717, 1.165) is 16.7 Å². The van der Waals surface area contributed by atoms with Crippen LogP contribution >= 0.6 is 23.4 Å². The molecule has 0 radical (unpaired) electrons. The molecule has 1 N–H and O–H groups in total. The first-order valence-electron chi connectivity index (χ1n) is 5.73. The summed E-state index contributed by atoms with van der Waals surface area (Å²) in [4.78, 5) is 24.8. The summed E-state index contributed by atoms with van der Waals surface area (Å²) >= 11 is 6.67. The van der Waals surface area contributed by atoms with Gasteiger partial charge >= 0.3 is 0 Å². The van der Waals surface area contributed by atoms with Crippen LogP contribution in [0.2, 0.25) is 5.02 Å². The molecular formula is C14H10ClNO4S. The Morgan fingerprint density at radius 3 is 2.86 bits per heavy atom. The average Bonchev–Trinajstić information content (AvgIpc) is 2.70. The van der Waals surface area contributed by atoms with Gasteiger partial charge in [-0.2, -0.15) is 0 Å². The Kier molecular flexibility index (Phi) is 4.46. The lowest BCUT2D eigenvalue weighted by molar-refractivity contribution is -0.122. The van der Waals surface area contributed by atoms with Crippen LogP contribution < -0.4 is 4.74 Å². The van der Waals surface area contributed by atoms with E-state index in [2.05, 4.69) is 5.92 Å². The van der Waals surface area contributed by atoms with E-state index in [1.165, 1.54) is 25.3 Å². The molecule has 1 aliphatic rings. The van der Waals surface area contributed by atoms with E-state index >= 15 is 0 Å². The van der Waals surface area contributed by atoms with Gasteiger partial charge in [-0.1, -0.05) is 17.5 Å². The zero-order valence-corrected chi connectivity index (χ0v) is 12.5. The van der Waals surface area contributed by atoms with Crippen molar-refractivity contribution in [3.8, 4) is 23.8 Å². The van der Waals surface area contributed by atoms with Crippen molar-refractivity contribution in [2.45, 2.75) is 0 Å². The molecule has 21 heavy (non-hydrogen) atoms. The van der Waals surface area contributed by atoms with Gasteiger partial charge in [0.2, 0.25) is 0 Å². The molecule has 0 unspecified atom stereocenters. The molecule has 1 aromatic carbocycles. The van der Waals surface area contributed by atoms with Crippen LogP contribution in [0.5, 0.6) is 11.5 Å². The highest BCUT2D eigenvalue weighted by Gasteiger charge is 2.34. The molecule has 7 heteroatoms. The van der Waals surface area contributed by atoms with Gasteiger partial charge in [0, 0.05) is 16.7 Å². The number of imide groups is 1. The van der Waals surface area contributed by atoms with E-state index in [1.807, 2.05) is 0 Å². The van der Waals surface area contributed by atoms with Gasteiger partial charge in [0.1, 0.15) is 0 Å². The normalized spacial score (nSPS) is 16.4. The number of hydrogen-bond acceptors (Lipinski definition) is 5. The number of thioether (sulfide) groups is 1. The lowest BCUT2D eigenvalue weighted by Gasteiger charge is -2.08. The molecule has 0 atom stereocenters. The number of methoxy groups -OCH3 is 1. The molecule has 0 aliphatic carbocycles. The number of ether oxygens (including phenoxy) is 1. The number of aromatic hydroxyl groups is 1. The number of nitrogens with zero attached hydrogens (tertiary/aromatic N) is 1. The fourth-order valence-corrected chi connectivity index (χ4v) is 2.77. The molecule has 0 saturated carbocycles. The Bertz CT molecular complexity index is 693. The second-order valence-corrected chi connectivity index (χ2v) is 5.45. The van der Waals surface area contributed by atoms with E-state index in [9.17, 15) is 14.7 Å². The highest BCUT2D eigenvalue weighted by molar-refractivity contribution is 8.18. The second kappa shape index (κ2) is 6.12. The molecule has 0 aromatic heterocycles. The van der Waals surface area contributed by atoms with E-state index in [1.54, 1.807) is 0 Å². The largest absolute Gasteiger partial charge is 0.504 e. The zero-order chi connectivity index (χ0) is 15.6. The van der Waals surface area contributed by atoms with Crippen LogP contribution in [-0.4, -0.2) is 34.8 Å². The highest BCUT2D eigenvalue weighted by Crippen LogP contribution is 2.38. The lowest BCUT2D eigenvalue weighted by Crippen LogP contribution is -2.28. The maximum absolute atomic E-state index is 12.0. The van der Waals surface area contributed by atoms with Crippen molar-refractivity contribution in [2.24, 2.45) is 0 Å². The fraction of sp³-hybridized carbons (Fsp3) is 0.143. The Hall–Kier alpha value is -2.10. The summed E-state index contributed by atoms with van der Waals surface area (Å²) in [6.07, 6.45) is 6.49. The topological polar surface area (TPSA) is 66.8 Å². The molecule has 1 heterocycles. The number of carbonyl (C=O) groups excluding carboxylic acids is 2. The van der Waals surface area contributed by atoms with Crippen molar-refractivity contribution in [3.05, 3.63) is 27.6 Å². The number of rotatable bonds is 3. The van der Waals surface area contributed by atoms with Gasteiger partial charge in [0.05, 0.1) is 18.6 Å². The number of hydrogen-bond donors (Lipinski definition) is 1. The van der Waals surface area contributed by atoms with Crippen molar-refractivity contribution in [3.63, 3.8) is 0 Å². The minimum absolute atomic E-state index is 0.0904. The van der Waals surface area contributed by atoms with Crippen molar-refractivity contribution >= 4 is 40.6 Å². The van der Waals surface area contributed by atoms with Crippen LogP contribution in [0, 0.1) is 12.3 Å². The maximum atomic E-state index is 12.0. The first-order chi connectivity index (χ1) is 9.97. The SMILES string of the molecule is C#CCN1C(=O)SC(=Cc2cc(Cl)cc(OC)c2O)C1=O. The third-order valence-corrected chi connectivity index (χ3v) is 3.82. The monoisotopic (exact) mass is 323 g/mol. The van der Waals surface area contributed by atoms with E-state index in [0.29, 0.717) is 5.02 Å². The smallest absolute Gasteiger partial charge is 0.294 e. The fourth-order valence-electron chi connectivity index (χ4n) is 1.73. The van der Waals surface area contributed by atoms with Crippen LogP contribution in [0.1, 0.15) is 5.56 Å². The predicted octanol–water partition coefficient (Wildman–Crippen LogP) is 2.72. The Balaban J connectivity index is 2.42. The van der Waals surface area contributed by atoms with Crippen LogP contribution in [0.15, 0.2) is 17.0 Å². The summed E-state index contributed by atoms with van der Waals surface area (Å²) in [5.74, 6) is 1.76. The predicted molar refractivity (Wildman–Crippen MR) is 81.2 cm³/mol. The maximum Gasteiger partial charge on any atom is 0.294 e. The summed E-state index contributed by atoms with van der Waals surface area (Å²) in [7, 11) is 1.38. The molecule has 5 nitrogen and oxygen atoms in total. The summed E-state index contributed by atoms with van der Waals surface area (Å²) in [5, 5.41) is 9.90. The van der Waals surface area contributed by atoms with Crippen molar-refractivity contribution in [1.82, 2.24) is 4.90 Å². The molecule has 108 valence electrons. The molecule has 0 spiro atoms. The third-order valence-electron chi connectivity index (χ3n) is 2.70. The number of terminal acetylenes is 1. The van der Waals surface area contributed by atoms with Gasteiger partial charge < -0.3 is 9.84 Å². The van der Waals surface area contributed by atoms with Gasteiger partial charge in [-0.3, -0.25) is 14.5 Å². The minimum atomic E-state index is -0.499. The van der Waals surface area contributed by atoms with Gasteiger partial charge in [-0.25, -0.2) is 0 Å². The van der Waals surface area contributed by atoms with E-state index in [-0.39, 0.29) is 28.5 Å². The summed E-state index contributed by atoms with van der Waals surface area (Å²) in [5.41, 5.74) is 0.283. The Morgan fingerprint density at radius 2 is 2.24 bits per heavy atom. The molecule has 2 amide bonds. The molecule has 1 saturated heterocycles. The lowest BCUT2D eigenvalue weighted by atomic mass is 10.1. The summed E-state index contributed by atoms with van der Waals surface area (Å²) in [6, 6.07) is 2.91. The Morgan fingerprint density at radius 1 is 1.52 bits per heavy atom.